The van der Waals surface area contributed by atoms with E-state index in [1.54, 1.807) is 13.0 Å². The first kappa shape index (κ1) is 10.7. The third kappa shape index (κ3) is 1.69. The molecule has 2 aromatic rings. The lowest BCUT2D eigenvalue weighted by molar-refractivity contribution is -0.116. The fourth-order valence-corrected chi connectivity index (χ4v) is 2.12. The first-order chi connectivity index (χ1) is 7.63. The SMILES string of the molecule is CCn1c(CC(C)=O)cc2cccc(O)c21. The van der Waals surface area contributed by atoms with E-state index in [1.165, 1.54) is 0 Å². The molecule has 3 nitrogen and oxygen atoms in total. The fourth-order valence-electron chi connectivity index (χ4n) is 2.12. The van der Waals surface area contributed by atoms with Gasteiger partial charge in [-0.05, 0) is 26.0 Å². The third-order valence-electron chi connectivity index (χ3n) is 2.73. The van der Waals surface area contributed by atoms with Crippen LogP contribution in [0, 0.1) is 0 Å². The van der Waals surface area contributed by atoms with E-state index in [9.17, 15) is 9.90 Å². The Morgan fingerprint density at radius 2 is 2.19 bits per heavy atom. The van der Waals surface area contributed by atoms with E-state index in [4.69, 9.17) is 0 Å². The summed E-state index contributed by atoms with van der Waals surface area (Å²) in [5.74, 6) is 0.408. The Hall–Kier alpha value is -1.77. The van der Waals surface area contributed by atoms with Gasteiger partial charge in [-0.1, -0.05) is 12.1 Å². The summed E-state index contributed by atoms with van der Waals surface area (Å²) < 4.78 is 1.99. The predicted molar refractivity (Wildman–Crippen MR) is 63.7 cm³/mol. The first-order valence-corrected chi connectivity index (χ1v) is 5.43. The zero-order valence-electron chi connectivity index (χ0n) is 9.53. The zero-order chi connectivity index (χ0) is 11.7. The standard InChI is InChI=1S/C13H15NO2/c1-3-14-11(7-9(2)15)8-10-5-4-6-12(16)13(10)14/h4-6,8,16H,3,7H2,1-2H3. The lowest BCUT2D eigenvalue weighted by Crippen LogP contribution is -2.05. The van der Waals surface area contributed by atoms with E-state index in [0.717, 1.165) is 23.1 Å². The summed E-state index contributed by atoms with van der Waals surface area (Å²) in [4.78, 5) is 11.2. The molecule has 0 unspecified atom stereocenters. The van der Waals surface area contributed by atoms with Crippen LogP contribution in [0.5, 0.6) is 5.75 Å². The van der Waals surface area contributed by atoms with Gasteiger partial charge in [0.15, 0.2) is 0 Å². The minimum Gasteiger partial charge on any atom is -0.506 e. The molecule has 0 aliphatic rings. The van der Waals surface area contributed by atoms with Gasteiger partial charge >= 0.3 is 0 Å². The molecule has 0 saturated carbocycles. The molecule has 0 radical (unpaired) electrons. The Labute approximate surface area is 94.3 Å². The summed E-state index contributed by atoms with van der Waals surface area (Å²) in [6, 6.07) is 7.41. The number of hydrogen-bond acceptors (Lipinski definition) is 2. The largest absolute Gasteiger partial charge is 0.506 e. The molecule has 0 amide bonds. The molecule has 1 aromatic heterocycles. The van der Waals surface area contributed by atoms with Gasteiger partial charge in [0.2, 0.25) is 0 Å². The van der Waals surface area contributed by atoms with Crippen LogP contribution in [0.3, 0.4) is 0 Å². The average molecular weight is 217 g/mol. The molecule has 0 bridgehead atoms. The number of ketones is 1. The van der Waals surface area contributed by atoms with Crippen LogP contribution in [0.4, 0.5) is 0 Å². The maximum atomic E-state index is 11.2. The number of carbonyl (C=O) groups is 1. The number of carbonyl (C=O) groups excluding carboxylic acids is 1. The molecule has 0 atom stereocenters. The van der Waals surface area contributed by atoms with E-state index >= 15 is 0 Å². The van der Waals surface area contributed by atoms with Gasteiger partial charge in [0.1, 0.15) is 11.5 Å². The Kier molecular flexibility index (Phi) is 2.69. The number of benzene rings is 1. The zero-order valence-corrected chi connectivity index (χ0v) is 9.53. The number of aromatic hydroxyl groups is 1. The van der Waals surface area contributed by atoms with E-state index in [-0.39, 0.29) is 11.5 Å². The van der Waals surface area contributed by atoms with Crippen molar-refractivity contribution in [3.05, 3.63) is 30.0 Å². The summed E-state index contributed by atoms with van der Waals surface area (Å²) in [6.07, 6.45) is 0.419. The predicted octanol–water partition coefficient (Wildman–Crippen LogP) is 2.50. The van der Waals surface area contributed by atoms with Crippen molar-refractivity contribution in [1.29, 1.82) is 0 Å². The number of aromatic nitrogens is 1. The Morgan fingerprint density at radius 1 is 1.44 bits per heavy atom. The van der Waals surface area contributed by atoms with Crippen LogP contribution in [0.25, 0.3) is 10.9 Å². The van der Waals surface area contributed by atoms with Crippen LogP contribution >= 0.6 is 0 Å². The van der Waals surface area contributed by atoms with Gasteiger partial charge in [-0.15, -0.1) is 0 Å². The molecule has 1 N–H and O–H groups in total. The van der Waals surface area contributed by atoms with E-state index < -0.39 is 0 Å². The van der Waals surface area contributed by atoms with Crippen molar-refractivity contribution in [3.63, 3.8) is 0 Å². The van der Waals surface area contributed by atoms with Crippen molar-refractivity contribution in [1.82, 2.24) is 4.57 Å². The second-order valence-corrected chi connectivity index (χ2v) is 3.97. The van der Waals surface area contributed by atoms with Gasteiger partial charge in [-0.2, -0.15) is 0 Å². The number of nitrogens with zero attached hydrogens (tertiary/aromatic N) is 1. The Balaban J connectivity index is 2.67. The van der Waals surface area contributed by atoms with Gasteiger partial charge in [0.05, 0.1) is 5.52 Å². The average Bonchev–Trinajstić information content (AvgIpc) is 2.55. The van der Waals surface area contributed by atoms with Crippen molar-refractivity contribution < 1.29 is 9.90 Å². The summed E-state index contributed by atoms with van der Waals surface area (Å²) in [5, 5.41) is 10.8. The molecule has 0 saturated heterocycles. The van der Waals surface area contributed by atoms with Gasteiger partial charge in [-0.3, -0.25) is 4.79 Å². The second-order valence-electron chi connectivity index (χ2n) is 3.97. The van der Waals surface area contributed by atoms with Crippen molar-refractivity contribution in [3.8, 4) is 5.75 Å². The molecule has 1 aromatic carbocycles. The van der Waals surface area contributed by atoms with Gasteiger partial charge in [0, 0.05) is 24.0 Å². The molecule has 0 spiro atoms. The minimum absolute atomic E-state index is 0.136. The molecule has 3 heteroatoms. The molecular formula is C13H15NO2. The second kappa shape index (κ2) is 4.00. The number of rotatable bonds is 3. The quantitative estimate of drug-likeness (QED) is 0.858. The first-order valence-electron chi connectivity index (χ1n) is 5.43. The number of phenols is 1. The molecule has 1 heterocycles. The number of phenolic OH excluding ortho intramolecular Hbond substituents is 1. The van der Waals surface area contributed by atoms with Crippen LogP contribution in [0.15, 0.2) is 24.3 Å². The topological polar surface area (TPSA) is 42.2 Å². The minimum atomic E-state index is 0.136. The lowest BCUT2D eigenvalue weighted by atomic mass is 10.2. The van der Waals surface area contributed by atoms with Crippen molar-refractivity contribution in [2.45, 2.75) is 26.8 Å². The number of hydrogen-bond donors (Lipinski definition) is 1. The molecule has 16 heavy (non-hydrogen) atoms. The van der Waals surface area contributed by atoms with Crippen molar-refractivity contribution >= 4 is 16.7 Å². The van der Waals surface area contributed by atoms with Crippen LogP contribution in [0.1, 0.15) is 19.5 Å². The molecule has 84 valence electrons. The van der Waals surface area contributed by atoms with Crippen LogP contribution in [-0.2, 0) is 17.8 Å². The third-order valence-corrected chi connectivity index (χ3v) is 2.73. The monoisotopic (exact) mass is 217 g/mol. The van der Waals surface area contributed by atoms with E-state index in [1.807, 2.05) is 29.7 Å². The number of fused-ring (bicyclic) bond motifs is 1. The van der Waals surface area contributed by atoms with Gasteiger partial charge in [-0.25, -0.2) is 0 Å². The molecule has 0 aliphatic carbocycles. The maximum Gasteiger partial charge on any atom is 0.139 e. The Morgan fingerprint density at radius 3 is 2.81 bits per heavy atom. The smallest absolute Gasteiger partial charge is 0.139 e. The number of para-hydroxylation sites is 1. The summed E-state index contributed by atoms with van der Waals surface area (Å²) in [5.41, 5.74) is 1.78. The van der Waals surface area contributed by atoms with E-state index in [0.29, 0.717) is 6.42 Å². The summed E-state index contributed by atoms with van der Waals surface area (Å²) in [6.45, 7) is 4.34. The molecule has 0 aliphatic heterocycles. The van der Waals surface area contributed by atoms with Crippen LogP contribution < -0.4 is 0 Å². The normalized spacial score (nSPS) is 10.9. The highest BCUT2D eigenvalue weighted by molar-refractivity contribution is 5.88. The van der Waals surface area contributed by atoms with Crippen LogP contribution in [0.2, 0.25) is 0 Å². The highest BCUT2D eigenvalue weighted by atomic mass is 16.3. The molecular weight excluding hydrogens is 202 g/mol. The van der Waals surface area contributed by atoms with Gasteiger partial charge < -0.3 is 9.67 Å². The Bertz CT molecular complexity index is 540. The summed E-state index contributed by atoms with van der Waals surface area (Å²) >= 11 is 0. The molecule has 2 rings (SSSR count). The number of Topliss-reactive ketones (excluding diaryl/α,β-unsaturated/α-hetero) is 1. The summed E-state index contributed by atoms with van der Waals surface area (Å²) in [7, 11) is 0. The fraction of sp³-hybridized carbons (Fsp3) is 0.308. The van der Waals surface area contributed by atoms with Crippen molar-refractivity contribution in [2.75, 3.05) is 0 Å². The van der Waals surface area contributed by atoms with Crippen molar-refractivity contribution in [2.24, 2.45) is 0 Å². The number of aryl methyl sites for hydroxylation is 1. The molecule has 0 fully saturated rings. The maximum absolute atomic E-state index is 11.2. The lowest BCUT2D eigenvalue weighted by Gasteiger charge is -2.07. The van der Waals surface area contributed by atoms with Crippen LogP contribution in [-0.4, -0.2) is 15.5 Å². The van der Waals surface area contributed by atoms with E-state index in [2.05, 4.69) is 0 Å². The highest BCUT2D eigenvalue weighted by Gasteiger charge is 2.11. The van der Waals surface area contributed by atoms with Gasteiger partial charge in [0.25, 0.3) is 0 Å². The highest BCUT2D eigenvalue weighted by Crippen LogP contribution is 2.28.